The Morgan fingerprint density at radius 2 is 2.17 bits per heavy atom. The van der Waals surface area contributed by atoms with Crippen LogP contribution in [-0.2, 0) is 20.6 Å². The molecule has 3 heterocycles. The molecule has 3 atom stereocenters. The van der Waals surface area contributed by atoms with Crippen LogP contribution in [0, 0.1) is 0 Å². The van der Waals surface area contributed by atoms with Crippen LogP contribution in [0.25, 0.3) is 0 Å². The summed E-state index contributed by atoms with van der Waals surface area (Å²) in [5.41, 5.74) is 2.66. The first-order chi connectivity index (χ1) is 11.9. The minimum absolute atomic E-state index is 0.0310. The van der Waals surface area contributed by atoms with E-state index in [0.29, 0.717) is 5.92 Å². The number of benzene rings is 1. The molecule has 0 spiro atoms. The van der Waals surface area contributed by atoms with Gasteiger partial charge in [-0.3, -0.25) is 0 Å². The molecule has 1 aromatic carbocycles. The lowest BCUT2D eigenvalue weighted by Crippen LogP contribution is -2.22. The lowest BCUT2D eigenvalue weighted by Gasteiger charge is -2.22. The SMILES string of the molecule is c1cc(CCCCOC2CCCCO2)c2c(c1)[C@H]1C3=C(C[C@H]1O2)O3. The lowest BCUT2D eigenvalue weighted by atomic mass is 9.94. The standard InChI is InChI=1S/C20H24O4/c1(3-10-21-17-9-2-4-11-22-17)6-13-7-5-8-14-18-15(23-19(13)14)12-16-20(18)24-16/h5,7-8,15,17-18H,1-4,6,9-12H2/t15-,17?,18-/m1/s1. The number of unbranched alkanes of at least 4 members (excludes halogenated alkanes) is 1. The Morgan fingerprint density at radius 3 is 3.08 bits per heavy atom. The highest BCUT2D eigenvalue weighted by molar-refractivity contribution is 5.54. The Balaban J connectivity index is 1.14. The van der Waals surface area contributed by atoms with Gasteiger partial charge in [-0.05, 0) is 44.1 Å². The smallest absolute Gasteiger partial charge is 0.157 e. The molecule has 4 nitrogen and oxygen atoms in total. The fourth-order valence-electron chi connectivity index (χ4n) is 4.22. The number of hydrogen-bond acceptors (Lipinski definition) is 4. The number of rotatable bonds is 6. The van der Waals surface area contributed by atoms with E-state index >= 15 is 0 Å². The Bertz CT molecular complexity index is 660. The normalized spacial score (nSPS) is 29.6. The van der Waals surface area contributed by atoms with Crippen LogP contribution in [0.3, 0.4) is 0 Å². The summed E-state index contributed by atoms with van der Waals surface area (Å²) in [5, 5.41) is 0. The van der Waals surface area contributed by atoms with Crippen molar-refractivity contribution in [1.29, 1.82) is 0 Å². The van der Waals surface area contributed by atoms with Gasteiger partial charge < -0.3 is 18.9 Å². The van der Waals surface area contributed by atoms with Gasteiger partial charge in [0.05, 0.1) is 5.92 Å². The first-order valence-corrected chi connectivity index (χ1v) is 9.33. The third kappa shape index (κ3) is 2.62. The molecule has 1 unspecified atom stereocenters. The highest BCUT2D eigenvalue weighted by Gasteiger charge is 2.53. The summed E-state index contributed by atoms with van der Waals surface area (Å²) in [4.78, 5) is 0. The molecule has 0 bridgehead atoms. The van der Waals surface area contributed by atoms with Gasteiger partial charge in [0, 0.05) is 25.2 Å². The molecule has 0 amide bonds. The monoisotopic (exact) mass is 328 g/mol. The molecule has 0 N–H and O–H groups in total. The van der Waals surface area contributed by atoms with Crippen LogP contribution in [0.1, 0.15) is 55.6 Å². The number of ether oxygens (including phenoxy) is 4. The molecule has 1 aliphatic carbocycles. The lowest BCUT2D eigenvalue weighted by molar-refractivity contribution is -0.162. The summed E-state index contributed by atoms with van der Waals surface area (Å²) in [7, 11) is 0. The van der Waals surface area contributed by atoms with Gasteiger partial charge in [-0.1, -0.05) is 18.2 Å². The molecule has 0 radical (unpaired) electrons. The van der Waals surface area contributed by atoms with Gasteiger partial charge in [-0.15, -0.1) is 0 Å². The maximum Gasteiger partial charge on any atom is 0.157 e. The second-order valence-electron chi connectivity index (χ2n) is 7.19. The van der Waals surface area contributed by atoms with Crippen LogP contribution in [0.2, 0.25) is 0 Å². The second-order valence-corrected chi connectivity index (χ2v) is 7.19. The van der Waals surface area contributed by atoms with E-state index in [2.05, 4.69) is 18.2 Å². The fourth-order valence-corrected chi connectivity index (χ4v) is 4.22. The van der Waals surface area contributed by atoms with Gasteiger partial charge in [0.25, 0.3) is 0 Å². The summed E-state index contributed by atoms with van der Waals surface area (Å²) in [5.74, 6) is 3.83. The van der Waals surface area contributed by atoms with Crippen LogP contribution >= 0.6 is 0 Å². The zero-order valence-electron chi connectivity index (χ0n) is 14.0. The molecule has 24 heavy (non-hydrogen) atoms. The summed E-state index contributed by atoms with van der Waals surface area (Å²) in [6, 6.07) is 6.56. The van der Waals surface area contributed by atoms with Crippen LogP contribution in [-0.4, -0.2) is 25.6 Å². The van der Waals surface area contributed by atoms with Crippen molar-refractivity contribution in [3.8, 4) is 5.75 Å². The summed E-state index contributed by atoms with van der Waals surface area (Å²) < 4.78 is 23.2. The molecule has 1 aromatic rings. The van der Waals surface area contributed by atoms with E-state index in [1.165, 1.54) is 35.5 Å². The van der Waals surface area contributed by atoms with Gasteiger partial charge in [-0.2, -0.15) is 0 Å². The molecule has 5 rings (SSSR count). The van der Waals surface area contributed by atoms with Crippen molar-refractivity contribution in [3.05, 3.63) is 40.8 Å². The minimum atomic E-state index is 0.0310. The molecule has 4 heteroatoms. The molecule has 3 aliphatic heterocycles. The average molecular weight is 328 g/mol. The highest BCUT2D eigenvalue weighted by atomic mass is 16.7. The van der Waals surface area contributed by atoms with Crippen molar-refractivity contribution >= 4 is 0 Å². The van der Waals surface area contributed by atoms with E-state index in [1.54, 1.807) is 0 Å². The maximum absolute atomic E-state index is 6.24. The zero-order chi connectivity index (χ0) is 15.9. The minimum Gasteiger partial charge on any atom is -0.488 e. The van der Waals surface area contributed by atoms with E-state index in [4.69, 9.17) is 18.9 Å². The molecule has 0 saturated carbocycles. The van der Waals surface area contributed by atoms with E-state index < -0.39 is 0 Å². The quantitative estimate of drug-likeness (QED) is 0.739. The Hall–Kier alpha value is -1.52. The van der Waals surface area contributed by atoms with Crippen molar-refractivity contribution in [2.45, 2.75) is 63.3 Å². The molecule has 4 aliphatic rings. The number of hydrogen-bond donors (Lipinski definition) is 0. The van der Waals surface area contributed by atoms with Gasteiger partial charge in [0.2, 0.25) is 0 Å². The van der Waals surface area contributed by atoms with Gasteiger partial charge in [-0.25, -0.2) is 0 Å². The first-order valence-electron chi connectivity index (χ1n) is 9.33. The number of para-hydroxylation sites is 1. The second kappa shape index (κ2) is 6.08. The van der Waals surface area contributed by atoms with Crippen LogP contribution in [0.5, 0.6) is 5.75 Å². The molecule has 0 aromatic heterocycles. The molecule has 1 fully saturated rings. The van der Waals surface area contributed by atoms with Crippen molar-refractivity contribution in [3.63, 3.8) is 0 Å². The molecule has 128 valence electrons. The van der Waals surface area contributed by atoms with Crippen molar-refractivity contribution < 1.29 is 18.9 Å². The zero-order valence-corrected chi connectivity index (χ0v) is 14.0. The summed E-state index contributed by atoms with van der Waals surface area (Å²) >= 11 is 0. The van der Waals surface area contributed by atoms with E-state index in [1.807, 2.05) is 0 Å². The van der Waals surface area contributed by atoms with E-state index in [-0.39, 0.29) is 12.4 Å². The van der Waals surface area contributed by atoms with Gasteiger partial charge in [0.1, 0.15) is 17.6 Å². The Morgan fingerprint density at radius 1 is 1.17 bits per heavy atom. The first kappa shape index (κ1) is 14.8. The molecule has 1 saturated heterocycles. The number of fused-ring (bicyclic) bond motifs is 4. The third-order valence-electron chi connectivity index (χ3n) is 5.52. The Kier molecular flexibility index (Phi) is 3.75. The molecular formula is C20H24O4. The van der Waals surface area contributed by atoms with E-state index in [9.17, 15) is 0 Å². The predicted molar refractivity (Wildman–Crippen MR) is 88.8 cm³/mol. The van der Waals surface area contributed by atoms with E-state index in [0.717, 1.165) is 51.1 Å². The predicted octanol–water partition coefficient (Wildman–Crippen LogP) is 4.04. The van der Waals surface area contributed by atoms with Gasteiger partial charge in [0.15, 0.2) is 12.0 Å². The Labute approximate surface area is 142 Å². The topological polar surface area (TPSA) is 40.2 Å². The van der Waals surface area contributed by atoms with Crippen molar-refractivity contribution in [1.82, 2.24) is 0 Å². The average Bonchev–Trinajstić information content (AvgIpc) is 3.12. The summed E-state index contributed by atoms with van der Waals surface area (Å²) in [6.45, 7) is 1.64. The summed E-state index contributed by atoms with van der Waals surface area (Å²) in [6.07, 6.45) is 7.93. The number of aryl methyl sites for hydroxylation is 1. The van der Waals surface area contributed by atoms with Crippen LogP contribution in [0.15, 0.2) is 29.7 Å². The van der Waals surface area contributed by atoms with Crippen molar-refractivity contribution in [2.24, 2.45) is 0 Å². The third-order valence-corrected chi connectivity index (χ3v) is 5.52. The highest BCUT2D eigenvalue weighted by Crippen LogP contribution is 2.58. The van der Waals surface area contributed by atoms with Crippen LogP contribution in [0.4, 0.5) is 0 Å². The van der Waals surface area contributed by atoms with Gasteiger partial charge >= 0.3 is 0 Å². The molecular weight excluding hydrogens is 304 g/mol. The largest absolute Gasteiger partial charge is 0.488 e. The fraction of sp³-hybridized carbons (Fsp3) is 0.600. The maximum atomic E-state index is 6.24. The van der Waals surface area contributed by atoms with Crippen LogP contribution < -0.4 is 4.74 Å². The van der Waals surface area contributed by atoms with Crippen molar-refractivity contribution in [2.75, 3.05) is 13.2 Å².